The number of hydrogen-bond donors (Lipinski definition) is 0. The van der Waals surface area contributed by atoms with E-state index in [0.29, 0.717) is 5.69 Å². The van der Waals surface area contributed by atoms with Crippen molar-refractivity contribution in [2.75, 3.05) is 7.05 Å². The summed E-state index contributed by atoms with van der Waals surface area (Å²) in [5, 5.41) is 5.41. The predicted molar refractivity (Wildman–Crippen MR) is 98.3 cm³/mol. The van der Waals surface area contributed by atoms with E-state index in [1.54, 1.807) is 41.1 Å². The minimum Gasteiger partial charge on any atom is -0.336 e. The number of rotatable bonds is 3. The Bertz CT molecular complexity index is 832. The van der Waals surface area contributed by atoms with E-state index < -0.39 is 0 Å². The Kier molecular flexibility index (Phi) is 4.47. The van der Waals surface area contributed by atoms with Crippen LogP contribution in [-0.2, 0) is 0 Å². The molecule has 3 aromatic rings. The molecule has 0 aromatic carbocycles. The van der Waals surface area contributed by atoms with Crippen LogP contribution >= 0.6 is 22.7 Å². The number of carbonyl (C=O) groups excluding carboxylic acids is 1. The third kappa shape index (κ3) is 3.37. The van der Waals surface area contributed by atoms with Gasteiger partial charge in [0.25, 0.3) is 5.91 Å². The summed E-state index contributed by atoms with van der Waals surface area (Å²) in [6, 6.07) is 3.89. The molecule has 3 aromatic heterocycles. The van der Waals surface area contributed by atoms with Gasteiger partial charge in [-0.25, -0.2) is 9.97 Å². The molecule has 0 spiro atoms. The molecule has 0 saturated heterocycles. The van der Waals surface area contributed by atoms with Crippen molar-refractivity contribution in [2.24, 2.45) is 0 Å². The highest BCUT2D eigenvalue weighted by atomic mass is 32.1. The minimum atomic E-state index is -0.242. The largest absolute Gasteiger partial charge is 0.336 e. The molecule has 124 valence electrons. The van der Waals surface area contributed by atoms with E-state index in [0.717, 1.165) is 21.3 Å². The Labute approximate surface area is 149 Å². The predicted octanol–water partition coefficient (Wildman–Crippen LogP) is 4.20. The quantitative estimate of drug-likeness (QED) is 0.704. The van der Waals surface area contributed by atoms with E-state index in [9.17, 15) is 4.79 Å². The molecule has 0 N–H and O–H groups in total. The molecule has 24 heavy (non-hydrogen) atoms. The van der Waals surface area contributed by atoms with Gasteiger partial charge in [0.05, 0.1) is 5.69 Å². The SMILES string of the molecule is CN(C(=O)c1csc(-c2ccc(-c3nccs3)cn2)n1)C(C)(C)C. The number of amides is 1. The molecule has 0 aliphatic heterocycles. The van der Waals surface area contributed by atoms with E-state index in [4.69, 9.17) is 0 Å². The van der Waals surface area contributed by atoms with Gasteiger partial charge in [-0.05, 0) is 32.9 Å². The lowest BCUT2D eigenvalue weighted by atomic mass is 10.1. The summed E-state index contributed by atoms with van der Waals surface area (Å²) in [4.78, 5) is 27.4. The molecule has 0 fully saturated rings. The fourth-order valence-corrected chi connectivity index (χ4v) is 3.38. The first-order valence-corrected chi connectivity index (χ1v) is 9.22. The molecule has 0 radical (unpaired) electrons. The van der Waals surface area contributed by atoms with Gasteiger partial charge in [0, 0.05) is 41.3 Å². The summed E-state index contributed by atoms with van der Waals surface area (Å²) in [5.41, 5.74) is 1.96. The van der Waals surface area contributed by atoms with Crippen molar-refractivity contribution in [1.82, 2.24) is 19.9 Å². The van der Waals surface area contributed by atoms with Gasteiger partial charge >= 0.3 is 0 Å². The lowest BCUT2D eigenvalue weighted by Gasteiger charge is -2.31. The molecule has 0 aliphatic carbocycles. The summed E-state index contributed by atoms with van der Waals surface area (Å²) >= 11 is 3.01. The maximum Gasteiger partial charge on any atom is 0.273 e. The van der Waals surface area contributed by atoms with E-state index >= 15 is 0 Å². The summed E-state index contributed by atoms with van der Waals surface area (Å²) in [6.07, 6.45) is 3.57. The fourth-order valence-electron chi connectivity index (χ4n) is 1.98. The van der Waals surface area contributed by atoms with Crippen molar-refractivity contribution in [3.63, 3.8) is 0 Å². The van der Waals surface area contributed by atoms with Crippen molar-refractivity contribution in [2.45, 2.75) is 26.3 Å². The van der Waals surface area contributed by atoms with Gasteiger partial charge in [0.2, 0.25) is 0 Å². The van der Waals surface area contributed by atoms with Crippen LogP contribution in [0.25, 0.3) is 21.3 Å². The Morgan fingerprint density at radius 1 is 1.12 bits per heavy atom. The monoisotopic (exact) mass is 358 g/mol. The second-order valence-corrected chi connectivity index (χ2v) is 8.09. The molecular weight excluding hydrogens is 340 g/mol. The lowest BCUT2D eigenvalue weighted by molar-refractivity contribution is 0.0650. The third-order valence-electron chi connectivity index (χ3n) is 3.70. The highest BCUT2D eigenvalue weighted by Crippen LogP contribution is 2.26. The van der Waals surface area contributed by atoms with E-state index in [-0.39, 0.29) is 11.4 Å². The van der Waals surface area contributed by atoms with Gasteiger partial charge in [0.1, 0.15) is 15.7 Å². The molecule has 3 rings (SSSR count). The number of pyridine rings is 1. The maximum atomic E-state index is 12.5. The Balaban J connectivity index is 1.82. The topological polar surface area (TPSA) is 59.0 Å². The summed E-state index contributed by atoms with van der Waals surface area (Å²) < 4.78 is 0. The number of nitrogens with zero attached hydrogens (tertiary/aromatic N) is 4. The first-order valence-electron chi connectivity index (χ1n) is 7.46. The standard InChI is InChI=1S/C17H18N4OS2/c1-17(2,3)21(4)16(22)13-10-24-15(20-13)12-6-5-11(9-19-12)14-18-7-8-23-14/h5-10H,1-4H3. The van der Waals surface area contributed by atoms with Crippen LogP contribution in [0.3, 0.4) is 0 Å². The van der Waals surface area contributed by atoms with E-state index in [1.807, 2.05) is 38.3 Å². The molecular formula is C17H18N4OS2. The zero-order chi connectivity index (χ0) is 17.3. The molecule has 0 saturated carbocycles. The summed E-state index contributed by atoms with van der Waals surface area (Å²) in [6.45, 7) is 5.99. The third-order valence-corrected chi connectivity index (χ3v) is 5.38. The second kappa shape index (κ2) is 6.41. The van der Waals surface area contributed by atoms with E-state index in [1.165, 1.54) is 11.3 Å². The van der Waals surface area contributed by atoms with Crippen LogP contribution in [-0.4, -0.2) is 38.3 Å². The van der Waals surface area contributed by atoms with Crippen LogP contribution in [0.2, 0.25) is 0 Å². The molecule has 5 nitrogen and oxygen atoms in total. The molecule has 0 unspecified atom stereocenters. The highest BCUT2D eigenvalue weighted by molar-refractivity contribution is 7.13. The molecule has 0 atom stereocenters. The van der Waals surface area contributed by atoms with Gasteiger partial charge in [-0.3, -0.25) is 9.78 Å². The normalized spacial score (nSPS) is 11.5. The van der Waals surface area contributed by atoms with Crippen molar-refractivity contribution < 1.29 is 4.79 Å². The molecule has 0 aliphatic rings. The van der Waals surface area contributed by atoms with Crippen LogP contribution in [0, 0.1) is 0 Å². The lowest BCUT2D eigenvalue weighted by Crippen LogP contribution is -2.42. The second-order valence-electron chi connectivity index (χ2n) is 6.34. The smallest absolute Gasteiger partial charge is 0.273 e. The zero-order valence-electron chi connectivity index (χ0n) is 14.0. The first-order chi connectivity index (χ1) is 11.4. The Morgan fingerprint density at radius 2 is 1.92 bits per heavy atom. The van der Waals surface area contributed by atoms with Crippen molar-refractivity contribution >= 4 is 28.6 Å². The number of hydrogen-bond acceptors (Lipinski definition) is 6. The number of thiazole rings is 2. The molecule has 3 heterocycles. The van der Waals surface area contributed by atoms with Crippen LogP contribution < -0.4 is 0 Å². The fraction of sp³-hybridized carbons (Fsp3) is 0.294. The average molecular weight is 358 g/mol. The zero-order valence-corrected chi connectivity index (χ0v) is 15.6. The van der Waals surface area contributed by atoms with Crippen LogP contribution in [0.1, 0.15) is 31.3 Å². The van der Waals surface area contributed by atoms with Gasteiger partial charge in [-0.15, -0.1) is 22.7 Å². The Morgan fingerprint density at radius 3 is 2.50 bits per heavy atom. The molecule has 1 amide bonds. The van der Waals surface area contributed by atoms with Crippen molar-refractivity contribution in [3.05, 3.63) is 41.0 Å². The van der Waals surface area contributed by atoms with Crippen LogP contribution in [0.5, 0.6) is 0 Å². The highest BCUT2D eigenvalue weighted by Gasteiger charge is 2.25. The van der Waals surface area contributed by atoms with Crippen LogP contribution in [0.4, 0.5) is 0 Å². The van der Waals surface area contributed by atoms with E-state index in [2.05, 4.69) is 15.0 Å². The minimum absolute atomic E-state index is 0.0793. The number of aromatic nitrogens is 3. The number of carbonyl (C=O) groups is 1. The van der Waals surface area contributed by atoms with Gasteiger partial charge in [-0.2, -0.15) is 0 Å². The summed E-state index contributed by atoms with van der Waals surface area (Å²) in [5.74, 6) is -0.0793. The van der Waals surface area contributed by atoms with Gasteiger partial charge in [-0.1, -0.05) is 0 Å². The maximum absolute atomic E-state index is 12.5. The first kappa shape index (κ1) is 16.7. The molecule has 7 heteroatoms. The Hall–Kier alpha value is -2.12. The van der Waals surface area contributed by atoms with Crippen molar-refractivity contribution in [1.29, 1.82) is 0 Å². The average Bonchev–Trinajstić information content (AvgIpc) is 3.24. The molecule has 0 bridgehead atoms. The van der Waals surface area contributed by atoms with Gasteiger partial charge in [0.15, 0.2) is 0 Å². The summed E-state index contributed by atoms with van der Waals surface area (Å²) in [7, 11) is 1.79. The van der Waals surface area contributed by atoms with Crippen LogP contribution in [0.15, 0.2) is 35.3 Å². The van der Waals surface area contributed by atoms with Crippen molar-refractivity contribution in [3.8, 4) is 21.3 Å². The van der Waals surface area contributed by atoms with Gasteiger partial charge < -0.3 is 4.90 Å².